The van der Waals surface area contributed by atoms with Crippen LogP contribution in [0.2, 0.25) is 0 Å². The maximum atomic E-state index is 12.0. The minimum atomic E-state index is -0.0263. The molecule has 0 spiro atoms. The zero-order chi connectivity index (χ0) is 15.1. The Morgan fingerprint density at radius 2 is 2.33 bits per heavy atom. The van der Waals surface area contributed by atoms with Crippen LogP contribution in [-0.4, -0.2) is 50.8 Å². The Kier molecular flexibility index (Phi) is 6.02. The van der Waals surface area contributed by atoms with Gasteiger partial charge in [-0.15, -0.1) is 0 Å². The van der Waals surface area contributed by atoms with Gasteiger partial charge in [0.05, 0.1) is 19.8 Å². The average Bonchev–Trinajstić information content (AvgIpc) is 2.48. The summed E-state index contributed by atoms with van der Waals surface area (Å²) in [6, 6.07) is 7.36. The molecule has 1 amide bonds. The number of amides is 1. The summed E-state index contributed by atoms with van der Waals surface area (Å²) in [6.45, 7) is 2.00. The normalized spacial score (nSPS) is 18.5. The molecule has 116 valence electrons. The number of benzene rings is 1. The van der Waals surface area contributed by atoms with E-state index in [0.29, 0.717) is 6.54 Å². The Bertz CT molecular complexity index is 459. The van der Waals surface area contributed by atoms with Gasteiger partial charge in [-0.3, -0.25) is 9.69 Å². The van der Waals surface area contributed by atoms with Crippen LogP contribution in [0.25, 0.3) is 0 Å². The zero-order valence-electron chi connectivity index (χ0n) is 12.8. The highest BCUT2D eigenvalue weighted by atomic mass is 16.5. The average molecular weight is 292 g/mol. The smallest absolute Gasteiger partial charge is 0.238 e. The minimum absolute atomic E-state index is 0.0263. The van der Waals surface area contributed by atoms with Gasteiger partial charge >= 0.3 is 0 Å². The fraction of sp³-hybridized carbons (Fsp3) is 0.562. The number of carbonyl (C=O) groups is 1. The first-order valence-electron chi connectivity index (χ1n) is 7.41. The van der Waals surface area contributed by atoms with Crippen molar-refractivity contribution < 1.29 is 14.3 Å². The Labute approximate surface area is 126 Å². The van der Waals surface area contributed by atoms with Crippen molar-refractivity contribution in [3.05, 3.63) is 24.3 Å². The van der Waals surface area contributed by atoms with Gasteiger partial charge in [0.1, 0.15) is 5.75 Å². The van der Waals surface area contributed by atoms with E-state index in [2.05, 4.69) is 5.32 Å². The first-order valence-corrected chi connectivity index (χ1v) is 7.41. The molecule has 1 saturated heterocycles. The summed E-state index contributed by atoms with van der Waals surface area (Å²) in [6.07, 6.45) is 3.71. The molecule has 0 saturated carbocycles. The van der Waals surface area contributed by atoms with Crippen molar-refractivity contribution in [3.8, 4) is 5.75 Å². The molecule has 0 radical (unpaired) electrons. The second-order valence-corrected chi connectivity index (χ2v) is 5.47. The van der Waals surface area contributed by atoms with Gasteiger partial charge in [0.2, 0.25) is 5.91 Å². The van der Waals surface area contributed by atoms with E-state index >= 15 is 0 Å². The van der Waals surface area contributed by atoms with Gasteiger partial charge in [-0.05, 0) is 38.4 Å². The van der Waals surface area contributed by atoms with Gasteiger partial charge in [0.25, 0.3) is 0 Å². The summed E-state index contributed by atoms with van der Waals surface area (Å²) < 4.78 is 10.8. The summed E-state index contributed by atoms with van der Waals surface area (Å²) >= 11 is 0. The van der Waals surface area contributed by atoms with Crippen molar-refractivity contribution in [2.24, 2.45) is 0 Å². The molecule has 21 heavy (non-hydrogen) atoms. The molecule has 0 aliphatic carbocycles. The Morgan fingerprint density at radius 1 is 1.48 bits per heavy atom. The van der Waals surface area contributed by atoms with Crippen LogP contribution in [0.4, 0.5) is 5.69 Å². The third kappa shape index (κ3) is 5.36. The lowest BCUT2D eigenvalue weighted by Gasteiger charge is -2.27. The van der Waals surface area contributed by atoms with E-state index in [0.717, 1.165) is 37.4 Å². The highest BCUT2D eigenvalue weighted by molar-refractivity contribution is 5.92. The molecule has 0 bridgehead atoms. The molecule has 1 N–H and O–H groups in total. The van der Waals surface area contributed by atoms with E-state index in [1.807, 2.05) is 36.2 Å². The molecule has 2 rings (SSSR count). The molecule has 0 aromatic heterocycles. The van der Waals surface area contributed by atoms with Gasteiger partial charge in [-0.2, -0.15) is 0 Å². The van der Waals surface area contributed by atoms with E-state index in [4.69, 9.17) is 9.47 Å². The highest BCUT2D eigenvalue weighted by Gasteiger charge is 2.17. The molecule has 1 atom stereocenters. The van der Waals surface area contributed by atoms with Gasteiger partial charge in [0, 0.05) is 24.9 Å². The van der Waals surface area contributed by atoms with Gasteiger partial charge in [-0.25, -0.2) is 0 Å². The minimum Gasteiger partial charge on any atom is -0.497 e. The van der Waals surface area contributed by atoms with Crippen molar-refractivity contribution in [2.75, 3.05) is 39.2 Å². The summed E-state index contributed by atoms with van der Waals surface area (Å²) in [5.74, 6) is 0.707. The lowest BCUT2D eigenvalue weighted by molar-refractivity contribution is -0.117. The maximum Gasteiger partial charge on any atom is 0.238 e. The number of hydrogen-bond donors (Lipinski definition) is 1. The van der Waals surface area contributed by atoms with E-state index in [9.17, 15) is 4.79 Å². The van der Waals surface area contributed by atoms with E-state index in [-0.39, 0.29) is 12.0 Å². The maximum absolute atomic E-state index is 12.0. The van der Waals surface area contributed by atoms with Crippen molar-refractivity contribution >= 4 is 11.6 Å². The van der Waals surface area contributed by atoms with Crippen LogP contribution in [0.1, 0.15) is 19.3 Å². The van der Waals surface area contributed by atoms with Crippen LogP contribution in [0.5, 0.6) is 5.75 Å². The molecule has 1 aliphatic heterocycles. The molecule has 5 nitrogen and oxygen atoms in total. The molecular formula is C16H24N2O3. The summed E-state index contributed by atoms with van der Waals surface area (Å²) in [5.41, 5.74) is 0.752. The van der Waals surface area contributed by atoms with Crippen molar-refractivity contribution in [1.29, 1.82) is 0 Å². The van der Waals surface area contributed by atoms with Crippen molar-refractivity contribution in [2.45, 2.75) is 25.4 Å². The van der Waals surface area contributed by atoms with Crippen LogP contribution >= 0.6 is 0 Å². The van der Waals surface area contributed by atoms with E-state index in [1.165, 1.54) is 6.42 Å². The SMILES string of the molecule is COc1cccc(NC(=O)CN(C)C[C@H]2CCCCO2)c1. The number of likely N-dealkylation sites (N-methyl/N-ethyl adjacent to an activating group) is 1. The third-order valence-electron chi connectivity index (χ3n) is 3.56. The second kappa shape index (κ2) is 8.00. The van der Waals surface area contributed by atoms with Gasteiger partial charge in [0.15, 0.2) is 0 Å². The van der Waals surface area contributed by atoms with Crippen LogP contribution in [0, 0.1) is 0 Å². The van der Waals surface area contributed by atoms with Crippen molar-refractivity contribution in [1.82, 2.24) is 4.90 Å². The van der Waals surface area contributed by atoms with Crippen molar-refractivity contribution in [3.63, 3.8) is 0 Å². The van der Waals surface area contributed by atoms with E-state index < -0.39 is 0 Å². The molecular weight excluding hydrogens is 268 g/mol. The summed E-state index contributed by atoms with van der Waals surface area (Å²) in [5, 5.41) is 2.88. The Hall–Kier alpha value is -1.59. The number of rotatable bonds is 6. The monoisotopic (exact) mass is 292 g/mol. The first kappa shape index (κ1) is 15.8. The molecule has 0 unspecified atom stereocenters. The van der Waals surface area contributed by atoms with Crippen LogP contribution in [-0.2, 0) is 9.53 Å². The molecule has 1 fully saturated rings. The van der Waals surface area contributed by atoms with Gasteiger partial charge < -0.3 is 14.8 Å². The number of hydrogen-bond acceptors (Lipinski definition) is 4. The lowest BCUT2D eigenvalue weighted by Crippen LogP contribution is -2.37. The predicted molar refractivity (Wildman–Crippen MR) is 82.7 cm³/mol. The number of ether oxygens (including phenoxy) is 2. The Balaban J connectivity index is 1.77. The zero-order valence-corrected chi connectivity index (χ0v) is 12.8. The number of methoxy groups -OCH3 is 1. The van der Waals surface area contributed by atoms with Crippen LogP contribution in [0.3, 0.4) is 0 Å². The van der Waals surface area contributed by atoms with Gasteiger partial charge in [-0.1, -0.05) is 6.07 Å². The van der Waals surface area contributed by atoms with E-state index in [1.54, 1.807) is 7.11 Å². The predicted octanol–water partition coefficient (Wildman–Crippen LogP) is 2.13. The lowest BCUT2D eigenvalue weighted by atomic mass is 10.1. The standard InChI is InChI=1S/C16H24N2O3/c1-18(11-15-7-3-4-9-21-15)12-16(19)17-13-6-5-8-14(10-13)20-2/h5-6,8,10,15H,3-4,7,9,11-12H2,1-2H3,(H,17,19)/t15-/m1/s1. The largest absolute Gasteiger partial charge is 0.497 e. The fourth-order valence-electron chi connectivity index (χ4n) is 2.51. The molecule has 1 heterocycles. The fourth-order valence-corrected chi connectivity index (χ4v) is 2.51. The quantitative estimate of drug-likeness (QED) is 0.872. The number of nitrogens with one attached hydrogen (secondary N) is 1. The van der Waals surface area contributed by atoms with Crippen LogP contribution < -0.4 is 10.1 Å². The number of nitrogens with zero attached hydrogens (tertiary/aromatic N) is 1. The number of anilines is 1. The van der Waals surface area contributed by atoms with Crippen LogP contribution in [0.15, 0.2) is 24.3 Å². The summed E-state index contributed by atoms with van der Waals surface area (Å²) in [4.78, 5) is 14.0. The topological polar surface area (TPSA) is 50.8 Å². The summed E-state index contributed by atoms with van der Waals surface area (Å²) in [7, 11) is 3.56. The molecule has 1 aromatic carbocycles. The number of carbonyl (C=O) groups excluding carboxylic acids is 1. The Morgan fingerprint density at radius 3 is 3.05 bits per heavy atom. The molecule has 5 heteroatoms. The first-order chi connectivity index (χ1) is 10.2. The molecule has 1 aliphatic rings. The molecule has 1 aromatic rings. The highest BCUT2D eigenvalue weighted by Crippen LogP contribution is 2.17. The third-order valence-corrected chi connectivity index (χ3v) is 3.56. The second-order valence-electron chi connectivity index (χ2n) is 5.47.